The normalized spacial score (nSPS) is 25.9. The highest BCUT2D eigenvalue weighted by Crippen LogP contribution is 2.29. The summed E-state index contributed by atoms with van der Waals surface area (Å²) in [5.74, 6) is 1.63. The van der Waals surface area contributed by atoms with Gasteiger partial charge in [0.1, 0.15) is 0 Å². The van der Waals surface area contributed by atoms with Crippen LogP contribution in [0.25, 0.3) is 0 Å². The molecule has 1 atom stereocenters. The van der Waals surface area contributed by atoms with Crippen molar-refractivity contribution in [1.29, 1.82) is 0 Å². The number of piperidine rings is 1. The SMILES string of the molecule is CC(C1=C[CH]CC=C1)C1CCNCC1. The van der Waals surface area contributed by atoms with Gasteiger partial charge < -0.3 is 5.32 Å². The summed E-state index contributed by atoms with van der Waals surface area (Å²) >= 11 is 0. The Kier molecular flexibility index (Phi) is 3.41. The first kappa shape index (κ1) is 9.97. The van der Waals surface area contributed by atoms with Crippen LogP contribution in [0.3, 0.4) is 0 Å². The van der Waals surface area contributed by atoms with Gasteiger partial charge in [0.05, 0.1) is 0 Å². The molecule has 2 aliphatic rings. The van der Waals surface area contributed by atoms with Gasteiger partial charge >= 0.3 is 0 Å². The van der Waals surface area contributed by atoms with E-state index in [-0.39, 0.29) is 0 Å². The summed E-state index contributed by atoms with van der Waals surface area (Å²) in [6.07, 6.45) is 13.0. The molecule has 1 heteroatoms. The van der Waals surface area contributed by atoms with Gasteiger partial charge in [-0.25, -0.2) is 0 Å². The highest BCUT2D eigenvalue weighted by atomic mass is 14.9. The molecule has 0 aromatic heterocycles. The fourth-order valence-corrected chi connectivity index (χ4v) is 2.46. The van der Waals surface area contributed by atoms with E-state index in [1.807, 2.05) is 0 Å². The van der Waals surface area contributed by atoms with Gasteiger partial charge in [0.2, 0.25) is 0 Å². The van der Waals surface area contributed by atoms with Gasteiger partial charge in [0, 0.05) is 0 Å². The lowest BCUT2D eigenvalue weighted by molar-refractivity contribution is 0.306. The summed E-state index contributed by atoms with van der Waals surface area (Å²) in [7, 11) is 0. The molecule has 0 saturated carbocycles. The molecule has 1 radical (unpaired) electrons. The van der Waals surface area contributed by atoms with Gasteiger partial charge in [-0.05, 0) is 56.2 Å². The molecule has 1 unspecified atom stereocenters. The van der Waals surface area contributed by atoms with E-state index in [2.05, 4.69) is 36.9 Å². The van der Waals surface area contributed by atoms with Crippen LogP contribution in [0.5, 0.6) is 0 Å². The molecular formula is C13H20N. The molecule has 1 nitrogen and oxygen atoms in total. The Morgan fingerprint density at radius 2 is 2.14 bits per heavy atom. The number of hydrogen-bond donors (Lipinski definition) is 1. The largest absolute Gasteiger partial charge is 0.317 e. The molecule has 1 aliphatic carbocycles. The van der Waals surface area contributed by atoms with Gasteiger partial charge in [-0.2, -0.15) is 0 Å². The second-order valence-corrected chi connectivity index (χ2v) is 4.42. The van der Waals surface area contributed by atoms with Crippen molar-refractivity contribution >= 4 is 0 Å². The standard InChI is InChI=1S/C13H20N/c1-11(12-5-3-2-4-6-12)13-7-9-14-10-8-13/h3-6,11,13-14H,2,7-10H2,1H3. The smallest absolute Gasteiger partial charge is 0.00461 e. The van der Waals surface area contributed by atoms with Crippen molar-refractivity contribution in [1.82, 2.24) is 5.32 Å². The van der Waals surface area contributed by atoms with Crippen LogP contribution in [0.2, 0.25) is 0 Å². The summed E-state index contributed by atoms with van der Waals surface area (Å²) in [6.45, 7) is 4.79. The third-order valence-corrected chi connectivity index (χ3v) is 3.51. The predicted octanol–water partition coefficient (Wildman–Crippen LogP) is 2.71. The van der Waals surface area contributed by atoms with Crippen molar-refractivity contribution in [2.24, 2.45) is 11.8 Å². The second-order valence-electron chi connectivity index (χ2n) is 4.42. The van der Waals surface area contributed by atoms with Crippen LogP contribution in [0.4, 0.5) is 0 Å². The summed E-state index contributed by atoms with van der Waals surface area (Å²) in [6, 6.07) is 0. The molecule has 0 amide bonds. The predicted molar refractivity (Wildman–Crippen MR) is 60.9 cm³/mol. The minimum absolute atomic E-state index is 0.741. The second kappa shape index (κ2) is 4.79. The Morgan fingerprint density at radius 1 is 1.36 bits per heavy atom. The maximum atomic E-state index is 3.43. The third-order valence-electron chi connectivity index (χ3n) is 3.51. The molecule has 1 fully saturated rings. The summed E-state index contributed by atoms with van der Waals surface area (Å²) in [5, 5.41) is 3.43. The molecule has 0 aromatic rings. The lowest BCUT2D eigenvalue weighted by atomic mass is 9.80. The Balaban J connectivity index is 1.95. The van der Waals surface area contributed by atoms with Gasteiger partial charge in [0.25, 0.3) is 0 Å². The molecule has 1 heterocycles. The minimum Gasteiger partial charge on any atom is -0.317 e. The molecule has 0 aromatic carbocycles. The maximum absolute atomic E-state index is 3.43. The van der Waals surface area contributed by atoms with Crippen LogP contribution in [0.15, 0.2) is 23.8 Å². The van der Waals surface area contributed by atoms with Crippen molar-refractivity contribution in [2.75, 3.05) is 13.1 Å². The lowest BCUT2D eigenvalue weighted by Crippen LogP contribution is -2.31. The fraction of sp³-hybridized carbons (Fsp3) is 0.615. The van der Waals surface area contributed by atoms with Crippen LogP contribution in [-0.4, -0.2) is 13.1 Å². The highest BCUT2D eigenvalue weighted by Gasteiger charge is 2.21. The zero-order valence-electron chi connectivity index (χ0n) is 9.00. The first-order chi connectivity index (χ1) is 6.88. The average Bonchev–Trinajstić information content (AvgIpc) is 2.30. The van der Waals surface area contributed by atoms with Gasteiger partial charge in [0.15, 0.2) is 0 Å². The Bertz CT molecular complexity index is 234. The van der Waals surface area contributed by atoms with Crippen LogP contribution >= 0.6 is 0 Å². The van der Waals surface area contributed by atoms with E-state index >= 15 is 0 Å². The Labute approximate surface area is 87.3 Å². The zero-order valence-corrected chi connectivity index (χ0v) is 9.00. The van der Waals surface area contributed by atoms with Crippen LogP contribution in [-0.2, 0) is 0 Å². The fourth-order valence-electron chi connectivity index (χ4n) is 2.46. The van der Waals surface area contributed by atoms with Crippen molar-refractivity contribution < 1.29 is 0 Å². The first-order valence-corrected chi connectivity index (χ1v) is 5.78. The van der Waals surface area contributed by atoms with Gasteiger partial charge in [-0.1, -0.05) is 25.2 Å². The van der Waals surface area contributed by atoms with Crippen molar-refractivity contribution in [3.8, 4) is 0 Å². The van der Waals surface area contributed by atoms with Crippen molar-refractivity contribution in [3.63, 3.8) is 0 Å². The van der Waals surface area contributed by atoms with E-state index in [4.69, 9.17) is 0 Å². The molecule has 1 saturated heterocycles. The number of hydrogen-bond acceptors (Lipinski definition) is 1. The van der Waals surface area contributed by atoms with E-state index in [1.165, 1.54) is 31.5 Å². The first-order valence-electron chi connectivity index (χ1n) is 5.78. The topological polar surface area (TPSA) is 12.0 Å². The summed E-state index contributed by atoms with van der Waals surface area (Å²) in [5.41, 5.74) is 1.53. The van der Waals surface area contributed by atoms with E-state index in [1.54, 1.807) is 0 Å². The number of nitrogens with one attached hydrogen (secondary N) is 1. The molecule has 2 rings (SSSR count). The molecule has 1 aliphatic heterocycles. The average molecular weight is 190 g/mol. The minimum atomic E-state index is 0.741. The van der Waals surface area contributed by atoms with E-state index in [0.29, 0.717) is 0 Å². The van der Waals surface area contributed by atoms with E-state index in [9.17, 15) is 0 Å². The molecular weight excluding hydrogens is 170 g/mol. The Morgan fingerprint density at radius 3 is 2.79 bits per heavy atom. The molecule has 77 valence electrons. The zero-order chi connectivity index (χ0) is 9.80. The molecule has 0 bridgehead atoms. The quantitative estimate of drug-likeness (QED) is 0.706. The van der Waals surface area contributed by atoms with E-state index in [0.717, 1.165) is 18.3 Å². The van der Waals surface area contributed by atoms with Crippen molar-refractivity contribution in [3.05, 3.63) is 30.2 Å². The van der Waals surface area contributed by atoms with Crippen molar-refractivity contribution in [2.45, 2.75) is 26.2 Å². The highest BCUT2D eigenvalue weighted by molar-refractivity contribution is 5.29. The number of rotatable bonds is 2. The lowest BCUT2D eigenvalue weighted by Gasteiger charge is -2.29. The molecule has 1 N–H and O–H groups in total. The maximum Gasteiger partial charge on any atom is -0.00461 e. The Hall–Kier alpha value is -0.560. The van der Waals surface area contributed by atoms with Crippen LogP contribution < -0.4 is 5.32 Å². The van der Waals surface area contributed by atoms with Gasteiger partial charge in [-0.15, -0.1) is 0 Å². The van der Waals surface area contributed by atoms with Gasteiger partial charge in [-0.3, -0.25) is 0 Å². The monoisotopic (exact) mass is 190 g/mol. The third kappa shape index (κ3) is 2.27. The van der Waals surface area contributed by atoms with Crippen LogP contribution in [0.1, 0.15) is 26.2 Å². The molecule has 14 heavy (non-hydrogen) atoms. The van der Waals surface area contributed by atoms with E-state index < -0.39 is 0 Å². The summed E-state index contributed by atoms with van der Waals surface area (Å²) < 4.78 is 0. The molecule has 0 spiro atoms. The summed E-state index contributed by atoms with van der Waals surface area (Å²) in [4.78, 5) is 0. The number of allylic oxidation sites excluding steroid dienone is 4. The van der Waals surface area contributed by atoms with Crippen LogP contribution in [0, 0.1) is 18.3 Å².